The normalized spacial score (nSPS) is 11.3. The number of aromatic nitrogens is 1. The molecule has 0 aliphatic carbocycles. The van der Waals surface area contributed by atoms with Crippen molar-refractivity contribution < 1.29 is 22.7 Å². The van der Waals surface area contributed by atoms with E-state index in [4.69, 9.17) is 0 Å². The molecule has 1 aromatic heterocycles. The molecule has 1 heterocycles. The first-order valence-electron chi connectivity index (χ1n) is 7.40. The number of nitrogens with zero attached hydrogens (tertiary/aromatic N) is 1. The van der Waals surface area contributed by atoms with E-state index in [1.165, 1.54) is 18.2 Å². The molecule has 3 rings (SSSR count). The van der Waals surface area contributed by atoms with Crippen molar-refractivity contribution in [3.05, 3.63) is 71.9 Å². The predicted molar refractivity (Wildman–Crippen MR) is 86.0 cm³/mol. The lowest BCUT2D eigenvalue weighted by molar-refractivity contribution is -0.274. The molecule has 0 aliphatic rings. The lowest BCUT2D eigenvalue weighted by atomic mass is 10.2. The number of alkyl halides is 3. The Labute approximate surface area is 141 Å². The van der Waals surface area contributed by atoms with Gasteiger partial charge in [-0.3, -0.25) is 4.79 Å². The Kier molecular flexibility index (Phi) is 4.56. The molecule has 128 valence electrons. The van der Waals surface area contributed by atoms with E-state index in [1.807, 2.05) is 18.2 Å². The van der Waals surface area contributed by atoms with E-state index in [1.54, 1.807) is 24.3 Å². The number of ether oxygens (including phenoxy) is 1. The van der Waals surface area contributed by atoms with Crippen LogP contribution in [-0.4, -0.2) is 17.3 Å². The van der Waals surface area contributed by atoms with Crippen LogP contribution in [0.25, 0.3) is 10.9 Å². The van der Waals surface area contributed by atoms with Crippen molar-refractivity contribution in [2.45, 2.75) is 12.9 Å². The van der Waals surface area contributed by atoms with Crippen LogP contribution in [0.5, 0.6) is 5.75 Å². The molecule has 3 aromatic rings. The number of pyridine rings is 1. The average molecular weight is 346 g/mol. The fraction of sp³-hybridized carbons (Fsp3) is 0.111. The standard InChI is InChI=1S/C18H13F3N2O2/c19-18(20,21)25-16-8-4-2-6-13(16)11-22-17(24)15-10-9-12-5-1-3-7-14(12)23-15/h1-10H,11H2,(H,22,24). The summed E-state index contributed by atoms with van der Waals surface area (Å²) in [4.78, 5) is 16.5. The molecule has 0 radical (unpaired) electrons. The molecule has 0 aliphatic heterocycles. The van der Waals surface area contributed by atoms with Crippen LogP contribution in [0.2, 0.25) is 0 Å². The van der Waals surface area contributed by atoms with Gasteiger partial charge in [0.15, 0.2) is 0 Å². The zero-order chi connectivity index (χ0) is 17.9. The Morgan fingerprint density at radius 1 is 1.00 bits per heavy atom. The fourth-order valence-electron chi connectivity index (χ4n) is 2.33. The van der Waals surface area contributed by atoms with E-state index in [0.717, 1.165) is 5.39 Å². The summed E-state index contributed by atoms with van der Waals surface area (Å²) in [7, 11) is 0. The number of nitrogens with one attached hydrogen (secondary N) is 1. The highest BCUT2D eigenvalue weighted by Crippen LogP contribution is 2.26. The minimum atomic E-state index is -4.79. The van der Waals surface area contributed by atoms with Crippen molar-refractivity contribution in [2.24, 2.45) is 0 Å². The van der Waals surface area contributed by atoms with E-state index in [0.29, 0.717) is 5.52 Å². The first kappa shape index (κ1) is 16.8. The summed E-state index contributed by atoms with van der Waals surface area (Å²) in [5.74, 6) is -0.825. The third-order valence-electron chi connectivity index (χ3n) is 3.47. The van der Waals surface area contributed by atoms with Gasteiger partial charge in [-0.1, -0.05) is 42.5 Å². The van der Waals surface area contributed by atoms with E-state index in [2.05, 4.69) is 15.0 Å². The molecule has 25 heavy (non-hydrogen) atoms. The molecule has 0 spiro atoms. The van der Waals surface area contributed by atoms with Crippen LogP contribution in [0, 0.1) is 0 Å². The quantitative estimate of drug-likeness (QED) is 0.775. The Morgan fingerprint density at radius 2 is 1.72 bits per heavy atom. The van der Waals surface area contributed by atoms with Gasteiger partial charge in [0.1, 0.15) is 11.4 Å². The highest BCUT2D eigenvalue weighted by atomic mass is 19.4. The van der Waals surface area contributed by atoms with Gasteiger partial charge in [-0.05, 0) is 18.2 Å². The third-order valence-corrected chi connectivity index (χ3v) is 3.47. The van der Waals surface area contributed by atoms with Gasteiger partial charge in [-0.25, -0.2) is 4.98 Å². The maximum Gasteiger partial charge on any atom is 0.573 e. The molecular weight excluding hydrogens is 333 g/mol. The van der Waals surface area contributed by atoms with Gasteiger partial charge in [0.25, 0.3) is 5.91 Å². The smallest absolute Gasteiger partial charge is 0.405 e. The Hall–Kier alpha value is -3.09. The molecule has 0 bridgehead atoms. The van der Waals surface area contributed by atoms with Crippen LogP contribution in [0.15, 0.2) is 60.7 Å². The van der Waals surface area contributed by atoms with Crippen molar-refractivity contribution >= 4 is 16.8 Å². The van der Waals surface area contributed by atoms with Crippen molar-refractivity contribution in [1.29, 1.82) is 0 Å². The molecule has 0 atom stereocenters. The van der Waals surface area contributed by atoms with Crippen LogP contribution in [0.3, 0.4) is 0 Å². The highest BCUT2D eigenvalue weighted by molar-refractivity contribution is 5.94. The number of rotatable bonds is 4. The lowest BCUT2D eigenvalue weighted by Crippen LogP contribution is -2.25. The van der Waals surface area contributed by atoms with Gasteiger partial charge >= 0.3 is 6.36 Å². The largest absolute Gasteiger partial charge is 0.573 e. The second-order valence-corrected chi connectivity index (χ2v) is 5.23. The van der Waals surface area contributed by atoms with E-state index in [9.17, 15) is 18.0 Å². The van der Waals surface area contributed by atoms with E-state index >= 15 is 0 Å². The first-order chi connectivity index (χ1) is 11.9. The molecule has 0 fully saturated rings. The van der Waals surface area contributed by atoms with E-state index < -0.39 is 12.3 Å². The number of carbonyl (C=O) groups excluding carboxylic acids is 1. The van der Waals surface area contributed by atoms with Gasteiger partial charge in [-0.2, -0.15) is 0 Å². The molecule has 1 amide bonds. The van der Waals surface area contributed by atoms with Crippen LogP contribution < -0.4 is 10.1 Å². The number of hydrogen-bond donors (Lipinski definition) is 1. The minimum absolute atomic E-state index is 0.112. The SMILES string of the molecule is O=C(NCc1ccccc1OC(F)(F)F)c1ccc2ccccc2n1. The van der Waals surface area contributed by atoms with Gasteiger partial charge in [-0.15, -0.1) is 13.2 Å². The number of halogens is 3. The van der Waals surface area contributed by atoms with Gasteiger partial charge in [0.05, 0.1) is 5.52 Å². The number of hydrogen-bond acceptors (Lipinski definition) is 3. The summed E-state index contributed by atoms with van der Waals surface area (Å²) in [5.41, 5.74) is 1.07. The average Bonchev–Trinajstić information content (AvgIpc) is 2.59. The van der Waals surface area contributed by atoms with Crippen LogP contribution >= 0.6 is 0 Å². The molecule has 7 heteroatoms. The number of para-hydroxylation sites is 2. The Bertz CT molecular complexity index is 910. The molecule has 0 saturated heterocycles. The van der Waals surface area contributed by atoms with Crippen molar-refractivity contribution in [1.82, 2.24) is 10.3 Å². The molecule has 0 saturated carbocycles. The monoisotopic (exact) mass is 346 g/mol. The fourth-order valence-corrected chi connectivity index (χ4v) is 2.33. The topological polar surface area (TPSA) is 51.2 Å². The maximum atomic E-state index is 12.4. The summed E-state index contributed by atoms with van der Waals surface area (Å²) >= 11 is 0. The summed E-state index contributed by atoms with van der Waals surface area (Å²) in [5, 5.41) is 3.45. The maximum absolute atomic E-state index is 12.4. The Morgan fingerprint density at radius 3 is 2.52 bits per heavy atom. The second kappa shape index (κ2) is 6.80. The van der Waals surface area contributed by atoms with Crippen molar-refractivity contribution in [2.75, 3.05) is 0 Å². The molecule has 2 aromatic carbocycles. The number of amides is 1. The summed E-state index contributed by atoms with van der Waals surface area (Å²) < 4.78 is 41.2. The van der Waals surface area contributed by atoms with Crippen LogP contribution in [0.4, 0.5) is 13.2 Å². The van der Waals surface area contributed by atoms with E-state index in [-0.39, 0.29) is 23.6 Å². The van der Waals surface area contributed by atoms with Crippen LogP contribution in [0.1, 0.15) is 16.1 Å². The summed E-state index contributed by atoms with van der Waals surface area (Å²) in [6.45, 7) is -0.112. The van der Waals surface area contributed by atoms with Gasteiger partial charge in [0, 0.05) is 17.5 Å². The second-order valence-electron chi connectivity index (χ2n) is 5.23. The molecule has 4 nitrogen and oxygen atoms in total. The summed E-state index contributed by atoms with van der Waals surface area (Å²) in [6.07, 6.45) is -4.79. The zero-order valence-corrected chi connectivity index (χ0v) is 12.9. The molecule has 1 N–H and O–H groups in total. The predicted octanol–water partition coefficient (Wildman–Crippen LogP) is 4.06. The molecular formula is C18H13F3N2O2. The number of benzene rings is 2. The van der Waals surface area contributed by atoms with Crippen molar-refractivity contribution in [3.8, 4) is 5.75 Å². The number of fused-ring (bicyclic) bond motifs is 1. The highest BCUT2D eigenvalue weighted by Gasteiger charge is 2.32. The number of carbonyl (C=O) groups is 1. The van der Waals surface area contributed by atoms with Crippen molar-refractivity contribution in [3.63, 3.8) is 0 Å². The lowest BCUT2D eigenvalue weighted by Gasteiger charge is -2.13. The minimum Gasteiger partial charge on any atom is -0.405 e. The first-order valence-corrected chi connectivity index (χ1v) is 7.40. The zero-order valence-electron chi connectivity index (χ0n) is 12.9. The molecule has 0 unspecified atom stereocenters. The Balaban J connectivity index is 1.73. The third kappa shape index (κ3) is 4.26. The van der Waals surface area contributed by atoms with Gasteiger partial charge in [0.2, 0.25) is 0 Å². The van der Waals surface area contributed by atoms with Crippen LogP contribution in [-0.2, 0) is 6.54 Å². The summed E-state index contributed by atoms with van der Waals surface area (Å²) in [6, 6.07) is 16.3. The van der Waals surface area contributed by atoms with Gasteiger partial charge < -0.3 is 10.1 Å².